The molecule has 1 amide bonds. The zero-order chi connectivity index (χ0) is 15.3. The standard InChI is InChI=1S/C15H19F3N2O/c16-15(17,18)9-8-11-4-6-12(7-5-11)20-14(21)13-3-1-2-10-19-13/h4-7,13,19H,1-3,8-10H2,(H,20,21). The van der Waals surface area contributed by atoms with Crippen LogP contribution in [0.25, 0.3) is 0 Å². The Labute approximate surface area is 121 Å². The second-order valence-corrected chi connectivity index (χ2v) is 5.30. The molecule has 116 valence electrons. The summed E-state index contributed by atoms with van der Waals surface area (Å²) in [5.74, 6) is -0.0854. The summed E-state index contributed by atoms with van der Waals surface area (Å²) in [6.07, 6.45) is -2.08. The minimum Gasteiger partial charge on any atom is -0.325 e. The average Bonchev–Trinajstić information content (AvgIpc) is 2.46. The van der Waals surface area contributed by atoms with Gasteiger partial charge < -0.3 is 10.6 Å². The van der Waals surface area contributed by atoms with Crippen molar-refractivity contribution in [2.75, 3.05) is 11.9 Å². The van der Waals surface area contributed by atoms with Gasteiger partial charge in [-0.05, 0) is 43.5 Å². The molecule has 1 aliphatic heterocycles. The number of aryl methyl sites for hydroxylation is 1. The Balaban J connectivity index is 1.85. The van der Waals surface area contributed by atoms with Gasteiger partial charge in [0.25, 0.3) is 0 Å². The van der Waals surface area contributed by atoms with Crippen LogP contribution in [-0.2, 0) is 11.2 Å². The fraction of sp³-hybridized carbons (Fsp3) is 0.533. The minimum absolute atomic E-state index is 0.0398. The first-order chi connectivity index (χ1) is 9.94. The van der Waals surface area contributed by atoms with E-state index in [2.05, 4.69) is 10.6 Å². The van der Waals surface area contributed by atoms with Crippen LogP contribution >= 0.6 is 0 Å². The first kappa shape index (κ1) is 15.8. The van der Waals surface area contributed by atoms with Crippen molar-refractivity contribution in [3.05, 3.63) is 29.8 Å². The third kappa shape index (κ3) is 5.38. The molecule has 1 aromatic rings. The molecular weight excluding hydrogens is 281 g/mol. The van der Waals surface area contributed by atoms with Crippen LogP contribution in [0.2, 0.25) is 0 Å². The Bertz CT molecular complexity index is 465. The molecule has 1 heterocycles. The number of nitrogens with one attached hydrogen (secondary N) is 2. The van der Waals surface area contributed by atoms with Crippen molar-refractivity contribution >= 4 is 11.6 Å². The van der Waals surface area contributed by atoms with Gasteiger partial charge in [0.2, 0.25) is 5.91 Å². The Hall–Kier alpha value is -1.56. The summed E-state index contributed by atoms with van der Waals surface area (Å²) in [7, 11) is 0. The number of hydrogen-bond acceptors (Lipinski definition) is 2. The number of amides is 1. The molecule has 1 atom stereocenters. The first-order valence-corrected chi connectivity index (χ1v) is 7.14. The molecule has 6 heteroatoms. The second-order valence-electron chi connectivity index (χ2n) is 5.30. The van der Waals surface area contributed by atoms with E-state index in [0.717, 1.165) is 25.8 Å². The first-order valence-electron chi connectivity index (χ1n) is 7.14. The molecule has 1 unspecified atom stereocenters. The maximum atomic E-state index is 12.1. The van der Waals surface area contributed by atoms with Crippen LogP contribution in [0.15, 0.2) is 24.3 Å². The Morgan fingerprint density at radius 1 is 1.24 bits per heavy atom. The summed E-state index contributed by atoms with van der Waals surface area (Å²) in [5, 5.41) is 5.94. The van der Waals surface area contributed by atoms with Crippen LogP contribution in [-0.4, -0.2) is 24.7 Å². The molecule has 1 saturated heterocycles. The van der Waals surface area contributed by atoms with Crippen molar-refractivity contribution in [2.24, 2.45) is 0 Å². The molecule has 1 aliphatic rings. The van der Waals surface area contributed by atoms with Crippen molar-refractivity contribution in [2.45, 2.75) is 44.3 Å². The van der Waals surface area contributed by atoms with Gasteiger partial charge in [-0.25, -0.2) is 0 Å². The predicted octanol–water partition coefficient (Wildman–Crippen LogP) is 3.26. The van der Waals surface area contributed by atoms with Gasteiger partial charge in [-0.2, -0.15) is 13.2 Å². The van der Waals surface area contributed by atoms with Gasteiger partial charge in [-0.1, -0.05) is 18.6 Å². The van der Waals surface area contributed by atoms with Crippen molar-refractivity contribution < 1.29 is 18.0 Å². The fourth-order valence-electron chi connectivity index (χ4n) is 2.35. The number of halogens is 3. The van der Waals surface area contributed by atoms with Gasteiger partial charge in [0.1, 0.15) is 0 Å². The molecule has 2 rings (SSSR count). The highest BCUT2D eigenvalue weighted by molar-refractivity contribution is 5.94. The van der Waals surface area contributed by atoms with E-state index in [1.165, 1.54) is 0 Å². The number of carbonyl (C=O) groups is 1. The summed E-state index contributed by atoms with van der Waals surface area (Å²) in [4.78, 5) is 12.0. The topological polar surface area (TPSA) is 41.1 Å². The van der Waals surface area contributed by atoms with Gasteiger partial charge in [0, 0.05) is 12.1 Å². The van der Waals surface area contributed by atoms with Crippen molar-refractivity contribution in [1.82, 2.24) is 5.32 Å². The number of benzene rings is 1. The summed E-state index contributed by atoms with van der Waals surface area (Å²) in [5.41, 5.74) is 1.23. The summed E-state index contributed by atoms with van der Waals surface area (Å²) in [6, 6.07) is 6.35. The molecular formula is C15H19F3N2O. The molecule has 0 saturated carbocycles. The third-order valence-corrected chi connectivity index (χ3v) is 3.55. The lowest BCUT2D eigenvalue weighted by Crippen LogP contribution is -2.43. The SMILES string of the molecule is O=C(Nc1ccc(CCC(F)(F)F)cc1)C1CCCCN1. The van der Waals surface area contributed by atoms with Gasteiger partial charge in [0.05, 0.1) is 6.04 Å². The molecule has 1 aromatic carbocycles. The number of alkyl halides is 3. The lowest BCUT2D eigenvalue weighted by atomic mass is 10.0. The molecule has 2 N–H and O–H groups in total. The van der Waals surface area contributed by atoms with E-state index in [0.29, 0.717) is 11.3 Å². The van der Waals surface area contributed by atoms with E-state index in [1.807, 2.05) is 0 Å². The largest absolute Gasteiger partial charge is 0.389 e. The molecule has 1 fully saturated rings. The van der Waals surface area contributed by atoms with Crippen LogP contribution in [0.4, 0.5) is 18.9 Å². The van der Waals surface area contributed by atoms with E-state index in [1.54, 1.807) is 24.3 Å². The summed E-state index contributed by atoms with van der Waals surface area (Å²) < 4.78 is 36.4. The Morgan fingerprint density at radius 2 is 1.95 bits per heavy atom. The zero-order valence-electron chi connectivity index (χ0n) is 11.7. The van der Waals surface area contributed by atoms with Crippen LogP contribution in [0.5, 0.6) is 0 Å². The molecule has 0 aliphatic carbocycles. The van der Waals surface area contributed by atoms with Crippen molar-refractivity contribution in [1.29, 1.82) is 0 Å². The van der Waals surface area contributed by atoms with Gasteiger partial charge in [-0.3, -0.25) is 4.79 Å². The molecule has 0 aromatic heterocycles. The van der Waals surface area contributed by atoms with Crippen LogP contribution in [0.3, 0.4) is 0 Å². The van der Waals surface area contributed by atoms with Crippen molar-refractivity contribution in [3.8, 4) is 0 Å². The number of hydrogen-bond donors (Lipinski definition) is 2. The van der Waals surface area contributed by atoms with Crippen LogP contribution in [0.1, 0.15) is 31.2 Å². The molecule has 0 spiro atoms. The number of anilines is 1. The highest BCUT2D eigenvalue weighted by Crippen LogP contribution is 2.22. The van der Waals surface area contributed by atoms with Gasteiger partial charge in [0.15, 0.2) is 0 Å². The smallest absolute Gasteiger partial charge is 0.325 e. The number of carbonyl (C=O) groups excluding carboxylic acids is 1. The highest BCUT2D eigenvalue weighted by Gasteiger charge is 2.26. The zero-order valence-corrected chi connectivity index (χ0v) is 11.7. The maximum Gasteiger partial charge on any atom is 0.389 e. The van der Waals surface area contributed by atoms with Crippen LogP contribution in [0, 0.1) is 0 Å². The summed E-state index contributed by atoms with van der Waals surface area (Å²) in [6.45, 7) is 0.842. The molecule has 0 radical (unpaired) electrons. The lowest BCUT2D eigenvalue weighted by molar-refractivity contribution is -0.134. The second kappa shape index (κ2) is 6.93. The number of rotatable bonds is 4. The molecule has 0 bridgehead atoms. The van der Waals surface area contributed by atoms with Crippen LogP contribution < -0.4 is 10.6 Å². The Kier molecular flexibility index (Phi) is 5.22. The predicted molar refractivity (Wildman–Crippen MR) is 75.1 cm³/mol. The van der Waals surface area contributed by atoms with Gasteiger partial charge >= 0.3 is 6.18 Å². The normalized spacial score (nSPS) is 19.3. The van der Waals surface area contributed by atoms with Gasteiger partial charge in [-0.15, -0.1) is 0 Å². The average molecular weight is 300 g/mol. The lowest BCUT2D eigenvalue weighted by Gasteiger charge is -2.22. The Morgan fingerprint density at radius 3 is 2.52 bits per heavy atom. The monoisotopic (exact) mass is 300 g/mol. The van der Waals surface area contributed by atoms with E-state index in [-0.39, 0.29) is 18.4 Å². The maximum absolute atomic E-state index is 12.1. The number of piperidine rings is 1. The van der Waals surface area contributed by atoms with E-state index >= 15 is 0 Å². The molecule has 3 nitrogen and oxygen atoms in total. The van der Waals surface area contributed by atoms with E-state index in [4.69, 9.17) is 0 Å². The quantitative estimate of drug-likeness (QED) is 0.896. The van der Waals surface area contributed by atoms with Crippen molar-refractivity contribution in [3.63, 3.8) is 0 Å². The third-order valence-electron chi connectivity index (χ3n) is 3.55. The highest BCUT2D eigenvalue weighted by atomic mass is 19.4. The fourth-order valence-corrected chi connectivity index (χ4v) is 2.35. The van der Waals surface area contributed by atoms with E-state index in [9.17, 15) is 18.0 Å². The molecule has 21 heavy (non-hydrogen) atoms. The summed E-state index contributed by atoms with van der Waals surface area (Å²) >= 11 is 0. The van der Waals surface area contributed by atoms with E-state index < -0.39 is 12.6 Å². The minimum atomic E-state index is -4.14.